The summed E-state index contributed by atoms with van der Waals surface area (Å²) in [6.07, 6.45) is 0.961. The van der Waals surface area contributed by atoms with E-state index in [4.69, 9.17) is 4.74 Å². The first-order valence-corrected chi connectivity index (χ1v) is 4.35. The second kappa shape index (κ2) is 3.09. The highest BCUT2D eigenvalue weighted by Crippen LogP contribution is 2.28. The minimum Gasteiger partial charge on any atom is -0.482 e. The Morgan fingerprint density at radius 2 is 2.46 bits per heavy atom. The fraction of sp³-hybridized carbons (Fsp3) is 0.300. The van der Waals surface area contributed by atoms with Crippen molar-refractivity contribution >= 4 is 11.6 Å². The van der Waals surface area contributed by atoms with E-state index >= 15 is 0 Å². The van der Waals surface area contributed by atoms with Crippen molar-refractivity contribution in [1.29, 1.82) is 0 Å². The molecule has 0 saturated heterocycles. The summed E-state index contributed by atoms with van der Waals surface area (Å²) in [5, 5.41) is 2.77. The van der Waals surface area contributed by atoms with Crippen molar-refractivity contribution in [2.75, 3.05) is 11.9 Å². The van der Waals surface area contributed by atoms with E-state index in [1.807, 2.05) is 18.2 Å². The summed E-state index contributed by atoms with van der Waals surface area (Å²) >= 11 is 0. The van der Waals surface area contributed by atoms with Gasteiger partial charge < -0.3 is 10.1 Å². The number of fused-ring (bicyclic) bond motifs is 1. The molecule has 1 aromatic carbocycles. The molecular weight excluding hydrogens is 166 g/mol. The number of amides is 1. The first-order valence-electron chi connectivity index (χ1n) is 4.35. The zero-order valence-electron chi connectivity index (χ0n) is 7.46. The molecule has 1 aromatic rings. The lowest BCUT2D eigenvalue weighted by Crippen LogP contribution is -2.25. The predicted octanol–water partition coefficient (Wildman–Crippen LogP) is 1.83. The minimum absolute atomic E-state index is 0. The lowest BCUT2D eigenvalue weighted by molar-refractivity contribution is -0.118. The third-order valence-electron chi connectivity index (χ3n) is 2.09. The molecule has 0 unspecified atom stereocenters. The number of aryl methyl sites for hydroxylation is 1. The Hall–Kier alpha value is -1.51. The van der Waals surface area contributed by atoms with Gasteiger partial charge in [0.05, 0.1) is 5.69 Å². The van der Waals surface area contributed by atoms with Crippen LogP contribution in [-0.4, -0.2) is 12.5 Å². The van der Waals surface area contributed by atoms with Crippen LogP contribution in [0.2, 0.25) is 0 Å². The minimum atomic E-state index is -0.0826. The summed E-state index contributed by atoms with van der Waals surface area (Å²) < 4.78 is 5.22. The van der Waals surface area contributed by atoms with Crippen molar-refractivity contribution < 1.29 is 11.0 Å². The predicted molar refractivity (Wildman–Crippen MR) is 52.1 cm³/mol. The number of benzene rings is 1. The van der Waals surface area contributed by atoms with Gasteiger partial charge in [-0.1, -0.05) is 13.0 Å². The van der Waals surface area contributed by atoms with Gasteiger partial charge in [0, 0.05) is 1.43 Å². The van der Waals surface area contributed by atoms with Crippen LogP contribution in [0.5, 0.6) is 5.75 Å². The number of rotatable bonds is 1. The first kappa shape index (κ1) is 8.10. The van der Waals surface area contributed by atoms with Crippen LogP contribution < -0.4 is 10.1 Å². The maximum atomic E-state index is 11.0. The number of hydrogen-bond acceptors (Lipinski definition) is 2. The monoisotopic (exact) mass is 179 g/mol. The first-order chi connectivity index (χ1) is 6.29. The van der Waals surface area contributed by atoms with E-state index in [-0.39, 0.29) is 13.9 Å². The summed E-state index contributed by atoms with van der Waals surface area (Å²) in [5.41, 5.74) is 1.99. The van der Waals surface area contributed by atoms with Gasteiger partial charge in [0.2, 0.25) is 0 Å². The Kier molecular flexibility index (Phi) is 1.93. The van der Waals surface area contributed by atoms with E-state index in [0.29, 0.717) is 0 Å². The average molecular weight is 179 g/mol. The Labute approximate surface area is 78.2 Å². The second-order valence-electron chi connectivity index (χ2n) is 3.02. The largest absolute Gasteiger partial charge is 0.482 e. The SMILES string of the molecule is CCc1ccc2c(c1)NC(=O)CO2.[HH]. The molecule has 0 aliphatic carbocycles. The molecule has 3 nitrogen and oxygen atoms in total. The van der Waals surface area contributed by atoms with E-state index in [0.717, 1.165) is 17.9 Å². The molecule has 0 bridgehead atoms. The number of carbonyl (C=O) groups is 1. The molecule has 0 radical (unpaired) electrons. The summed E-state index contributed by atoms with van der Waals surface area (Å²) in [7, 11) is 0. The van der Waals surface area contributed by atoms with Crippen molar-refractivity contribution in [2.45, 2.75) is 13.3 Å². The fourth-order valence-electron chi connectivity index (χ4n) is 1.35. The molecule has 1 aliphatic rings. The quantitative estimate of drug-likeness (QED) is 0.714. The van der Waals surface area contributed by atoms with Crippen LogP contribution in [0.3, 0.4) is 0 Å². The number of anilines is 1. The van der Waals surface area contributed by atoms with Crippen LogP contribution in [0.4, 0.5) is 5.69 Å². The highest BCUT2D eigenvalue weighted by Gasteiger charge is 2.15. The van der Waals surface area contributed by atoms with E-state index in [9.17, 15) is 4.79 Å². The van der Waals surface area contributed by atoms with Crippen molar-refractivity contribution in [3.05, 3.63) is 23.8 Å². The Balaban J connectivity index is 0.000000980. The lowest BCUT2D eigenvalue weighted by Gasteiger charge is -2.18. The zero-order valence-corrected chi connectivity index (χ0v) is 7.46. The fourth-order valence-corrected chi connectivity index (χ4v) is 1.35. The number of nitrogens with one attached hydrogen (secondary N) is 1. The molecule has 1 aliphatic heterocycles. The molecule has 70 valence electrons. The second-order valence-corrected chi connectivity index (χ2v) is 3.02. The number of ether oxygens (including phenoxy) is 1. The van der Waals surface area contributed by atoms with Gasteiger partial charge in [0.15, 0.2) is 6.61 Å². The van der Waals surface area contributed by atoms with Gasteiger partial charge in [0.25, 0.3) is 5.91 Å². The van der Waals surface area contributed by atoms with Gasteiger partial charge in [-0.15, -0.1) is 0 Å². The van der Waals surface area contributed by atoms with Gasteiger partial charge >= 0.3 is 0 Å². The van der Waals surface area contributed by atoms with E-state index in [2.05, 4.69) is 12.2 Å². The molecule has 0 atom stereocenters. The van der Waals surface area contributed by atoms with Crippen LogP contribution >= 0.6 is 0 Å². The Morgan fingerprint density at radius 1 is 1.62 bits per heavy atom. The summed E-state index contributed by atoms with van der Waals surface area (Å²) in [6, 6.07) is 5.86. The highest BCUT2D eigenvalue weighted by molar-refractivity contribution is 5.95. The summed E-state index contributed by atoms with van der Waals surface area (Å²) in [4.78, 5) is 11.0. The van der Waals surface area contributed by atoms with Crippen LogP contribution in [0.15, 0.2) is 18.2 Å². The molecule has 1 N–H and O–H groups in total. The van der Waals surface area contributed by atoms with Crippen LogP contribution in [0.25, 0.3) is 0 Å². The number of carbonyl (C=O) groups excluding carboxylic acids is 1. The van der Waals surface area contributed by atoms with Gasteiger partial charge in [0.1, 0.15) is 5.75 Å². The maximum Gasteiger partial charge on any atom is 0.262 e. The van der Waals surface area contributed by atoms with Crippen LogP contribution in [-0.2, 0) is 11.2 Å². The van der Waals surface area contributed by atoms with Crippen molar-refractivity contribution in [1.82, 2.24) is 0 Å². The van der Waals surface area contributed by atoms with Crippen molar-refractivity contribution in [2.24, 2.45) is 0 Å². The van der Waals surface area contributed by atoms with Crippen molar-refractivity contribution in [3.8, 4) is 5.75 Å². The average Bonchev–Trinajstić information content (AvgIpc) is 2.16. The van der Waals surface area contributed by atoms with Gasteiger partial charge in [-0.2, -0.15) is 0 Å². The lowest BCUT2D eigenvalue weighted by atomic mass is 10.1. The van der Waals surface area contributed by atoms with Gasteiger partial charge in [-0.3, -0.25) is 4.79 Å². The van der Waals surface area contributed by atoms with Crippen molar-refractivity contribution in [3.63, 3.8) is 0 Å². The highest BCUT2D eigenvalue weighted by atomic mass is 16.5. The summed E-state index contributed by atoms with van der Waals surface area (Å²) in [5.74, 6) is 0.678. The molecule has 3 heteroatoms. The number of hydrogen-bond donors (Lipinski definition) is 1. The molecule has 0 aromatic heterocycles. The summed E-state index contributed by atoms with van der Waals surface area (Å²) in [6.45, 7) is 2.20. The third-order valence-corrected chi connectivity index (χ3v) is 2.09. The van der Waals surface area contributed by atoms with E-state index < -0.39 is 0 Å². The third kappa shape index (κ3) is 1.49. The Morgan fingerprint density at radius 3 is 3.23 bits per heavy atom. The molecule has 0 spiro atoms. The topological polar surface area (TPSA) is 38.3 Å². The van der Waals surface area contributed by atoms with Gasteiger partial charge in [-0.05, 0) is 24.1 Å². The molecule has 1 heterocycles. The molecule has 13 heavy (non-hydrogen) atoms. The van der Waals surface area contributed by atoms with E-state index in [1.54, 1.807) is 0 Å². The normalized spacial score (nSPS) is 14.4. The van der Waals surface area contributed by atoms with E-state index in [1.165, 1.54) is 5.56 Å². The Bertz CT molecular complexity index is 352. The molecule has 2 rings (SSSR count). The van der Waals surface area contributed by atoms with Gasteiger partial charge in [-0.25, -0.2) is 0 Å². The van der Waals surface area contributed by atoms with Crippen LogP contribution in [0.1, 0.15) is 13.9 Å². The zero-order chi connectivity index (χ0) is 9.26. The maximum absolute atomic E-state index is 11.0. The smallest absolute Gasteiger partial charge is 0.262 e. The standard InChI is InChI=1S/C10H11NO2.H2/c1-2-7-3-4-9-8(5-7)11-10(12)6-13-9;/h3-5H,2,6H2,1H3,(H,11,12);1H. The van der Waals surface area contributed by atoms with Crippen LogP contribution in [0, 0.1) is 0 Å². The molecule has 0 saturated carbocycles. The molecule has 0 fully saturated rings. The molecule has 1 amide bonds. The molecular formula is C10H13NO2.